The number of hydrogen-bond acceptors (Lipinski definition) is 4. The van der Waals surface area contributed by atoms with Crippen LogP contribution in [-0.2, 0) is 0 Å². The van der Waals surface area contributed by atoms with Crippen molar-refractivity contribution >= 4 is 110 Å². The zero-order valence-electron chi connectivity index (χ0n) is 43.3. The first kappa shape index (κ1) is 45.4. The Balaban J connectivity index is 0.838. The minimum Gasteiger partial charge on any atom is -0.456 e. The third-order valence-corrected chi connectivity index (χ3v) is 15.8. The molecule has 6 nitrogen and oxygen atoms in total. The molecular weight excluding hydrogens is 977 g/mol. The van der Waals surface area contributed by atoms with Crippen LogP contribution in [0.25, 0.3) is 110 Å². The fourth-order valence-corrected chi connectivity index (χ4v) is 12.3. The van der Waals surface area contributed by atoms with Crippen LogP contribution in [0, 0.1) is 0 Å². The second-order valence-corrected chi connectivity index (χ2v) is 20.5. The summed E-state index contributed by atoms with van der Waals surface area (Å²) in [5.74, 6) is 1.64. The summed E-state index contributed by atoms with van der Waals surface area (Å²) in [6.45, 7) is 0. The van der Waals surface area contributed by atoms with Crippen LogP contribution in [0.3, 0.4) is 0 Å². The van der Waals surface area contributed by atoms with Gasteiger partial charge in [0.25, 0.3) is 0 Å². The number of hydrogen-bond donors (Lipinski definition) is 0. The maximum atomic E-state index is 6.83. The van der Waals surface area contributed by atoms with Gasteiger partial charge in [-0.15, -0.1) is 0 Å². The van der Waals surface area contributed by atoms with E-state index in [1.165, 1.54) is 32.3 Å². The molecule has 80 heavy (non-hydrogen) atoms. The number of aromatic nitrogens is 2. The molecule has 0 atom stereocenters. The maximum absolute atomic E-state index is 6.83. The topological polar surface area (TPSA) is 42.6 Å². The molecule has 12 aromatic carbocycles. The second-order valence-electron chi connectivity index (χ2n) is 20.5. The second kappa shape index (κ2) is 18.4. The molecule has 0 aliphatic rings. The Morgan fingerprint density at radius 3 is 1.10 bits per heavy atom. The highest BCUT2D eigenvalue weighted by Crippen LogP contribution is 2.46. The monoisotopic (exact) mass is 1020 g/mol. The minimum atomic E-state index is 0.819. The van der Waals surface area contributed by atoms with Gasteiger partial charge in [-0.05, 0) is 150 Å². The predicted octanol–water partition coefficient (Wildman–Crippen LogP) is 20.8. The van der Waals surface area contributed by atoms with Crippen molar-refractivity contribution in [2.24, 2.45) is 0 Å². The molecule has 376 valence electrons. The fraction of sp³-hybridized carbons (Fsp3) is 0. The molecule has 0 saturated heterocycles. The number of nitrogens with zero attached hydrogens (tertiary/aromatic N) is 4. The average Bonchev–Trinajstić information content (AvgIpc) is 4.46. The Kier molecular flexibility index (Phi) is 10.5. The summed E-state index contributed by atoms with van der Waals surface area (Å²) in [4.78, 5) is 4.56. The van der Waals surface area contributed by atoms with Crippen molar-refractivity contribution in [3.8, 4) is 34.0 Å². The third kappa shape index (κ3) is 7.42. The Morgan fingerprint density at radius 1 is 0.250 bits per heavy atom. The van der Waals surface area contributed by atoms with Gasteiger partial charge in [-0.3, -0.25) is 0 Å². The quantitative estimate of drug-likeness (QED) is 0.137. The molecule has 6 heteroatoms. The molecule has 16 rings (SSSR count). The Bertz CT molecular complexity index is 4590. The molecule has 0 bridgehead atoms. The first-order chi connectivity index (χ1) is 39.7. The van der Waals surface area contributed by atoms with Crippen molar-refractivity contribution in [1.29, 1.82) is 0 Å². The van der Waals surface area contributed by atoms with Crippen LogP contribution in [0.5, 0.6) is 0 Å². The summed E-state index contributed by atoms with van der Waals surface area (Å²) in [7, 11) is 0. The summed E-state index contributed by atoms with van der Waals surface area (Å²) < 4.78 is 18.4. The van der Waals surface area contributed by atoms with Gasteiger partial charge in [0.15, 0.2) is 0 Å². The van der Waals surface area contributed by atoms with Crippen LogP contribution in [0.1, 0.15) is 0 Å². The molecule has 0 spiro atoms. The largest absolute Gasteiger partial charge is 0.456 e. The number of anilines is 6. The highest BCUT2D eigenvalue weighted by atomic mass is 16.3. The summed E-state index contributed by atoms with van der Waals surface area (Å²) in [6.07, 6.45) is 0. The van der Waals surface area contributed by atoms with Crippen LogP contribution < -0.4 is 9.80 Å². The average molecular weight is 1030 g/mol. The summed E-state index contributed by atoms with van der Waals surface area (Å²) in [6, 6.07) is 104. The number of furan rings is 2. The van der Waals surface area contributed by atoms with E-state index in [2.05, 4.69) is 310 Å². The molecule has 0 radical (unpaired) electrons. The van der Waals surface area contributed by atoms with Crippen molar-refractivity contribution < 1.29 is 8.83 Å². The third-order valence-electron chi connectivity index (χ3n) is 15.8. The number of fused-ring (bicyclic) bond motifs is 11. The van der Waals surface area contributed by atoms with E-state index >= 15 is 0 Å². The van der Waals surface area contributed by atoms with E-state index in [0.717, 1.165) is 112 Å². The fourth-order valence-electron chi connectivity index (χ4n) is 12.3. The first-order valence-corrected chi connectivity index (χ1v) is 27.1. The Morgan fingerprint density at radius 2 is 0.637 bits per heavy atom. The van der Waals surface area contributed by atoms with Gasteiger partial charge >= 0.3 is 0 Å². The van der Waals surface area contributed by atoms with Gasteiger partial charge < -0.3 is 27.8 Å². The lowest BCUT2D eigenvalue weighted by Crippen LogP contribution is -2.09. The summed E-state index contributed by atoms with van der Waals surface area (Å²) in [5, 5.41) is 9.26. The van der Waals surface area contributed by atoms with Gasteiger partial charge in [0.05, 0.1) is 22.1 Å². The number of para-hydroxylation sites is 6. The molecule has 0 saturated carbocycles. The zero-order valence-corrected chi connectivity index (χ0v) is 43.3. The highest BCUT2D eigenvalue weighted by Gasteiger charge is 2.23. The number of rotatable bonds is 10. The van der Waals surface area contributed by atoms with E-state index in [-0.39, 0.29) is 0 Å². The van der Waals surface area contributed by atoms with E-state index in [1.54, 1.807) is 0 Å². The van der Waals surface area contributed by atoms with Crippen molar-refractivity contribution in [2.75, 3.05) is 9.80 Å². The van der Waals surface area contributed by atoms with Crippen LogP contribution in [0.2, 0.25) is 0 Å². The summed E-state index contributed by atoms with van der Waals surface area (Å²) in [5.41, 5.74) is 16.8. The highest BCUT2D eigenvalue weighted by molar-refractivity contribution is 6.30. The zero-order chi connectivity index (χ0) is 52.7. The number of benzene rings is 12. The molecule has 0 N–H and O–H groups in total. The molecule has 0 fully saturated rings. The van der Waals surface area contributed by atoms with Crippen molar-refractivity contribution in [2.45, 2.75) is 0 Å². The maximum Gasteiger partial charge on any atom is 0.136 e. The lowest BCUT2D eigenvalue weighted by atomic mass is 9.98. The molecule has 0 amide bonds. The summed E-state index contributed by atoms with van der Waals surface area (Å²) >= 11 is 0. The van der Waals surface area contributed by atoms with Crippen molar-refractivity contribution in [1.82, 2.24) is 9.13 Å². The van der Waals surface area contributed by atoms with Gasteiger partial charge in [-0.1, -0.05) is 146 Å². The minimum absolute atomic E-state index is 0.819. The molecule has 0 unspecified atom stereocenters. The van der Waals surface area contributed by atoms with Crippen LogP contribution in [-0.4, -0.2) is 9.13 Å². The van der Waals surface area contributed by atoms with E-state index in [9.17, 15) is 0 Å². The molecule has 0 aliphatic heterocycles. The van der Waals surface area contributed by atoms with Gasteiger partial charge in [0.1, 0.15) is 22.7 Å². The lowest BCUT2D eigenvalue weighted by molar-refractivity contribution is 0.631. The lowest BCUT2D eigenvalue weighted by Gasteiger charge is -2.25. The molecule has 0 aliphatic carbocycles. The Hall–Kier alpha value is -10.8. The van der Waals surface area contributed by atoms with E-state index in [1.807, 2.05) is 0 Å². The van der Waals surface area contributed by atoms with Gasteiger partial charge in [-0.25, -0.2) is 0 Å². The van der Waals surface area contributed by atoms with Gasteiger partial charge in [0.2, 0.25) is 0 Å². The van der Waals surface area contributed by atoms with Crippen LogP contribution in [0.15, 0.2) is 300 Å². The smallest absolute Gasteiger partial charge is 0.136 e. The van der Waals surface area contributed by atoms with Gasteiger partial charge in [0, 0.05) is 95.0 Å². The van der Waals surface area contributed by atoms with E-state index < -0.39 is 0 Å². The SMILES string of the molecule is c1ccc(N(c2ccccc2)c2ccc3oc(-c4ccc5c6c7ccc8c(c7ccc6n(-c6ccccc6)c5c4)c4ccc(-c5cc6ccc(N(c7ccccc7)c7ccccc7)cc6o5)cc4n8-c4ccccc4)cc3c2)cc1. The van der Waals surface area contributed by atoms with E-state index in [0.29, 0.717) is 0 Å². The molecule has 4 aromatic heterocycles. The molecule has 4 heterocycles. The van der Waals surface area contributed by atoms with Crippen molar-refractivity contribution in [3.63, 3.8) is 0 Å². The van der Waals surface area contributed by atoms with Crippen LogP contribution in [0.4, 0.5) is 34.1 Å². The van der Waals surface area contributed by atoms with Crippen molar-refractivity contribution in [3.05, 3.63) is 291 Å². The van der Waals surface area contributed by atoms with Crippen LogP contribution >= 0.6 is 0 Å². The predicted molar refractivity (Wildman–Crippen MR) is 332 cm³/mol. The normalized spacial score (nSPS) is 11.8. The molecular formula is C74H48N4O2. The first-order valence-electron chi connectivity index (χ1n) is 27.1. The van der Waals surface area contributed by atoms with Gasteiger partial charge in [-0.2, -0.15) is 0 Å². The molecule has 16 aromatic rings. The van der Waals surface area contributed by atoms with E-state index in [4.69, 9.17) is 8.83 Å². The standard InChI is InChI=1S/C74H48N4O2/c1-7-19-53(20-8-1)75(54-21-9-2-10-22-54)59-35-42-69-52(43-59)47-71(79-69)50-33-37-64-68(45-50)78(58-29-17-6-18-30-58)66-41-39-61-62(74(64)66)38-40-65-73(61)63-36-32-49(44-67(63)77(65)57-27-15-5-16-28-57)70-46-51-31-34-60(48-72(51)80-70)76(55-23-11-3-12-24-55)56-25-13-4-14-26-56/h1-48H. The Labute approximate surface area is 461 Å².